The Morgan fingerprint density at radius 1 is 1.27 bits per heavy atom. The molecule has 0 aliphatic heterocycles. The number of H-pyrrole nitrogens is 1. The molecular formula is C17H15F3N4OS. The highest BCUT2D eigenvalue weighted by Gasteiger charge is 2.38. The standard InChI is InChI=1S/C17H15F3N4OS/c18-17(19,20)14-11(9-21-10-5-1-2-6-10)15(25)24(23-14)16-22-12-7-3-4-8-13(12)26-16/h3-4,7-10,23H,1-2,5-6H2. The van der Waals surface area contributed by atoms with Crippen LogP contribution in [0.1, 0.15) is 36.9 Å². The molecule has 2 aromatic heterocycles. The van der Waals surface area contributed by atoms with Crippen molar-refractivity contribution in [3.63, 3.8) is 0 Å². The highest BCUT2D eigenvalue weighted by molar-refractivity contribution is 7.20. The van der Waals surface area contributed by atoms with E-state index in [-0.39, 0.29) is 11.2 Å². The molecule has 3 aromatic rings. The van der Waals surface area contributed by atoms with Crippen molar-refractivity contribution in [2.75, 3.05) is 0 Å². The van der Waals surface area contributed by atoms with Crippen molar-refractivity contribution in [3.8, 4) is 5.13 Å². The van der Waals surface area contributed by atoms with Crippen LogP contribution < -0.4 is 5.56 Å². The fourth-order valence-corrected chi connectivity index (χ4v) is 4.04. The molecule has 0 radical (unpaired) electrons. The van der Waals surface area contributed by atoms with Gasteiger partial charge in [0.25, 0.3) is 5.56 Å². The number of alkyl halides is 3. The molecule has 0 amide bonds. The Bertz CT molecular complexity index is 992. The van der Waals surface area contributed by atoms with Gasteiger partial charge in [0.15, 0.2) is 5.69 Å². The molecule has 0 saturated heterocycles. The number of nitrogens with zero attached hydrogens (tertiary/aromatic N) is 3. The molecule has 1 fully saturated rings. The van der Waals surface area contributed by atoms with Gasteiger partial charge in [0.1, 0.15) is 0 Å². The Labute approximate surface area is 150 Å². The van der Waals surface area contributed by atoms with E-state index in [1.807, 2.05) is 6.07 Å². The molecule has 26 heavy (non-hydrogen) atoms. The first kappa shape index (κ1) is 17.0. The van der Waals surface area contributed by atoms with Crippen LogP contribution in [0, 0.1) is 0 Å². The van der Waals surface area contributed by atoms with Gasteiger partial charge in [-0.3, -0.25) is 14.9 Å². The second-order valence-corrected chi connectivity index (χ2v) is 7.23. The summed E-state index contributed by atoms with van der Waals surface area (Å²) < 4.78 is 41.8. The summed E-state index contributed by atoms with van der Waals surface area (Å²) in [5.41, 5.74) is -1.73. The number of benzene rings is 1. The average Bonchev–Trinajstić information content (AvgIpc) is 3.30. The van der Waals surface area contributed by atoms with E-state index in [1.165, 1.54) is 0 Å². The van der Waals surface area contributed by atoms with Gasteiger partial charge in [0.05, 0.1) is 15.8 Å². The fourth-order valence-electron chi connectivity index (χ4n) is 3.11. The lowest BCUT2D eigenvalue weighted by Crippen LogP contribution is -2.17. The van der Waals surface area contributed by atoms with Crippen LogP contribution in [0.2, 0.25) is 0 Å². The van der Waals surface area contributed by atoms with Crippen molar-refractivity contribution in [3.05, 3.63) is 45.9 Å². The second kappa shape index (κ2) is 6.39. The van der Waals surface area contributed by atoms with Gasteiger partial charge < -0.3 is 0 Å². The molecule has 2 heterocycles. The molecule has 136 valence electrons. The number of thiazole rings is 1. The molecule has 1 aliphatic rings. The number of hydrogen-bond donors (Lipinski definition) is 1. The van der Waals surface area contributed by atoms with Crippen molar-refractivity contribution in [2.24, 2.45) is 4.99 Å². The van der Waals surface area contributed by atoms with Gasteiger partial charge in [0.2, 0.25) is 5.13 Å². The zero-order valence-corrected chi connectivity index (χ0v) is 14.4. The van der Waals surface area contributed by atoms with Crippen molar-refractivity contribution in [1.29, 1.82) is 0 Å². The second-order valence-electron chi connectivity index (χ2n) is 6.22. The molecule has 1 N–H and O–H groups in total. The highest BCUT2D eigenvalue weighted by Crippen LogP contribution is 2.30. The summed E-state index contributed by atoms with van der Waals surface area (Å²) in [7, 11) is 0. The van der Waals surface area contributed by atoms with Gasteiger partial charge >= 0.3 is 6.18 Å². The van der Waals surface area contributed by atoms with Crippen LogP contribution in [0.3, 0.4) is 0 Å². The Morgan fingerprint density at radius 3 is 2.69 bits per heavy atom. The molecule has 0 atom stereocenters. The fraction of sp³-hybridized carbons (Fsp3) is 0.353. The summed E-state index contributed by atoms with van der Waals surface area (Å²) in [6.07, 6.45) is 0.0939. The van der Waals surface area contributed by atoms with E-state index < -0.39 is 23.0 Å². The van der Waals surface area contributed by atoms with E-state index in [1.54, 1.807) is 18.2 Å². The maximum Gasteiger partial charge on any atom is 0.433 e. The summed E-state index contributed by atoms with van der Waals surface area (Å²) in [6, 6.07) is 7.13. The van der Waals surface area contributed by atoms with Crippen LogP contribution in [0.5, 0.6) is 0 Å². The van der Waals surface area contributed by atoms with Crippen LogP contribution in [-0.2, 0) is 6.18 Å². The zero-order valence-electron chi connectivity index (χ0n) is 13.6. The molecular weight excluding hydrogens is 365 g/mol. The molecule has 5 nitrogen and oxygen atoms in total. The topological polar surface area (TPSA) is 63.0 Å². The SMILES string of the molecule is O=c1c(C=NC2CCCC2)c(C(F)(F)F)[nH]n1-c1nc2ccccc2s1. The summed E-state index contributed by atoms with van der Waals surface area (Å²) in [5, 5.41) is 2.35. The minimum Gasteiger partial charge on any atom is -0.289 e. The number of hydrogen-bond acceptors (Lipinski definition) is 4. The first-order chi connectivity index (χ1) is 12.4. The maximum absolute atomic E-state index is 13.4. The smallest absolute Gasteiger partial charge is 0.289 e. The first-order valence-corrected chi connectivity index (χ1v) is 9.06. The van der Waals surface area contributed by atoms with E-state index in [4.69, 9.17) is 0 Å². The monoisotopic (exact) mass is 380 g/mol. The molecule has 1 saturated carbocycles. The maximum atomic E-state index is 13.4. The predicted molar refractivity (Wildman–Crippen MR) is 94.4 cm³/mol. The van der Waals surface area contributed by atoms with Crippen LogP contribution in [0.4, 0.5) is 13.2 Å². The predicted octanol–water partition coefficient (Wildman–Crippen LogP) is 4.16. The normalized spacial score (nSPS) is 16.3. The molecule has 1 aromatic carbocycles. The summed E-state index contributed by atoms with van der Waals surface area (Å²) in [4.78, 5) is 21.1. The Morgan fingerprint density at radius 2 is 2.00 bits per heavy atom. The van der Waals surface area contributed by atoms with Gasteiger partial charge in [-0.15, -0.1) is 0 Å². The largest absolute Gasteiger partial charge is 0.433 e. The third-order valence-electron chi connectivity index (χ3n) is 4.42. The van der Waals surface area contributed by atoms with Crippen LogP contribution in [0.15, 0.2) is 34.1 Å². The van der Waals surface area contributed by atoms with Crippen molar-refractivity contribution < 1.29 is 13.2 Å². The zero-order chi connectivity index (χ0) is 18.3. The molecule has 0 bridgehead atoms. The van der Waals surface area contributed by atoms with Crippen LogP contribution in [-0.4, -0.2) is 27.0 Å². The molecule has 4 rings (SSSR count). The minimum atomic E-state index is -4.68. The van der Waals surface area contributed by atoms with Crippen LogP contribution >= 0.6 is 11.3 Å². The van der Waals surface area contributed by atoms with E-state index in [0.29, 0.717) is 5.52 Å². The number of fused-ring (bicyclic) bond motifs is 1. The highest BCUT2D eigenvalue weighted by atomic mass is 32.1. The summed E-state index contributed by atoms with van der Waals surface area (Å²) in [6.45, 7) is 0. The van der Waals surface area contributed by atoms with E-state index in [2.05, 4.69) is 15.1 Å². The van der Waals surface area contributed by atoms with E-state index in [0.717, 1.165) is 52.6 Å². The number of aliphatic imine (C=N–C) groups is 1. The van der Waals surface area contributed by atoms with Gasteiger partial charge in [-0.25, -0.2) is 4.98 Å². The van der Waals surface area contributed by atoms with Gasteiger partial charge in [-0.05, 0) is 25.0 Å². The van der Waals surface area contributed by atoms with Crippen LogP contribution in [0.25, 0.3) is 15.3 Å². The number of halogens is 3. The Balaban J connectivity index is 1.81. The Hall–Kier alpha value is -2.42. The van der Waals surface area contributed by atoms with Crippen molar-refractivity contribution >= 4 is 27.8 Å². The lowest BCUT2D eigenvalue weighted by atomic mass is 10.2. The van der Waals surface area contributed by atoms with Gasteiger partial charge in [-0.2, -0.15) is 17.9 Å². The average molecular weight is 380 g/mol. The van der Waals surface area contributed by atoms with Crippen molar-refractivity contribution in [2.45, 2.75) is 37.9 Å². The summed E-state index contributed by atoms with van der Waals surface area (Å²) >= 11 is 1.15. The lowest BCUT2D eigenvalue weighted by Gasteiger charge is -2.04. The van der Waals surface area contributed by atoms with E-state index >= 15 is 0 Å². The number of rotatable bonds is 3. The summed E-state index contributed by atoms with van der Waals surface area (Å²) in [5.74, 6) is 0. The quantitative estimate of drug-likeness (QED) is 0.694. The third-order valence-corrected chi connectivity index (χ3v) is 5.44. The van der Waals surface area contributed by atoms with E-state index in [9.17, 15) is 18.0 Å². The number of nitrogens with one attached hydrogen (secondary N) is 1. The minimum absolute atomic E-state index is 0.0127. The lowest BCUT2D eigenvalue weighted by molar-refractivity contribution is -0.141. The first-order valence-electron chi connectivity index (χ1n) is 8.25. The van der Waals surface area contributed by atoms with Gasteiger partial charge in [-0.1, -0.05) is 36.3 Å². The molecule has 0 unspecified atom stereocenters. The third kappa shape index (κ3) is 3.07. The number of aromatic amines is 1. The number of aromatic nitrogens is 3. The van der Waals surface area contributed by atoms with Crippen molar-refractivity contribution in [1.82, 2.24) is 14.8 Å². The Kier molecular flexibility index (Phi) is 4.18. The molecule has 9 heteroatoms. The van der Waals surface area contributed by atoms with Gasteiger partial charge in [0, 0.05) is 12.3 Å². The number of para-hydroxylation sites is 1. The molecule has 0 spiro atoms. The molecule has 1 aliphatic carbocycles.